The van der Waals surface area contributed by atoms with E-state index in [1.54, 1.807) is 0 Å². The van der Waals surface area contributed by atoms with Crippen LogP contribution in [0.3, 0.4) is 0 Å². The van der Waals surface area contributed by atoms with Crippen molar-refractivity contribution in [2.24, 2.45) is 0 Å². The van der Waals surface area contributed by atoms with Crippen LogP contribution in [0.25, 0.3) is 0 Å². The molecule has 0 spiro atoms. The first-order valence-corrected chi connectivity index (χ1v) is 39.0. The molecule has 0 radical (unpaired) electrons. The molecule has 0 saturated heterocycles. The van der Waals surface area contributed by atoms with Crippen molar-refractivity contribution in [1.82, 2.24) is 0 Å². The molecule has 0 N–H and O–H groups in total. The number of allylic oxidation sites excluding steroid dienone is 24. The van der Waals surface area contributed by atoms with E-state index < -0.39 is 24.3 Å². The van der Waals surface area contributed by atoms with Crippen LogP contribution in [-0.4, -0.2) is 82.3 Å². The summed E-state index contributed by atoms with van der Waals surface area (Å²) >= 11 is 0. The number of hydrogen-bond acceptors (Lipinski definition) is 8. The van der Waals surface area contributed by atoms with Gasteiger partial charge in [0.15, 0.2) is 12.4 Å². The average Bonchev–Trinajstić information content (AvgIpc) is 3.24. The van der Waals surface area contributed by atoms with Crippen LogP contribution in [0.5, 0.6) is 0 Å². The zero-order valence-electron chi connectivity index (χ0n) is 62.0. The lowest BCUT2D eigenvalue weighted by molar-refractivity contribution is -0.870. The van der Waals surface area contributed by atoms with Gasteiger partial charge in [-0.05, 0) is 116 Å². The van der Waals surface area contributed by atoms with E-state index in [0.29, 0.717) is 17.4 Å². The molecule has 0 saturated carbocycles. The van der Waals surface area contributed by atoms with E-state index in [-0.39, 0.29) is 38.6 Å². The molecular weight excluding hydrogens is 1170 g/mol. The van der Waals surface area contributed by atoms with Gasteiger partial charge in [0, 0.05) is 12.8 Å². The van der Waals surface area contributed by atoms with Crippen LogP contribution in [-0.2, 0) is 33.3 Å². The number of carbonyl (C=O) groups is 3. The minimum Gasteiger partial charge on any atom is -0.545 e. The van der Waals surface area contributed by atoms with Gasteiger partial charge in [0.05, 0.1) is 40.3 Å². The number of hydrogen-bond donors (Lipinski definition) is 0. The summed E-state index contributed by atoms with van der Waals surface area (Å²) in [6.07, 6.45) is 107. The number of carboxylic acids is 1. The van der Waals surface area contributed by atoms with Crippen molar-refractivity contribution in [3.63, 3.8) is 0 Å². The van der Waals surface area contributed by atoms with E-state index >= 15 is 0 Å². The summed E-state index contributed by atoms with van der Waals surface area (Å²) < 4.78 is 22.8. The summed E-state index contributed by atoms with van der Waals surface area (Å²) in [6.45, 7) is 4.53. The Morgan fingerprint density at radius 3 is 0.842 bits per heavy atom. The lowest BCUT2D eigenvalue weighted by atomic mass is 10.0. The number of likely N-dealkylation sites (N-methyl/N-ethyl adjacent to an activating group) is 1. The summed E-state index contributed by atoms with van der Waals surface area (Å²) in [5, 5.41) is 11.9. The fourth-order valence-corrected chi connectivity index (χ4v) is 10.7. The maximum absolute atomic E-state index is 13.0. The largest absolute Gasteiger partial charge is 0.545 e. The zero-order valence-corrected chi connectivity index (χ0v) is 62.0. The highest BCUT2D eigenvalue weighted by Crippen LogP contribution is 2.18. The Morgan fingerprint density at radius 1 is 0.316 bits per heavy atom. The third-order valence-corrected chi connectivity index (χ3v) is 16.6. The first-order chi connectivity index (χ1) is 46.6. The standard InChI is InChI=1S/C86H145NO8/c1-6-8-10-12-14-16-18-20-22-24-26-28-30-32-34-36-38-39-40-41-42-43-44-45-47-48-50-52-54-56-58-60-62-64-66-68-70-72-74-76-83(88)93-80-82(81-94-86(85(90)91)92-79-78-87(3,4)5)95-84(89)77-75-73-71-69-67-65-63-61-59-57-55-53-51-49-46-37-35-33-31-29-27-25-23-21-19-17-15-13-11-9-7-2/h8-11,14-17,20-23,26-29,32-35,46,49,53,55,82,86H,6-7,12-13,18-19,24-25,30-31,36-45,47-48,50-52,54,56-81H2,1-5H3/b10-8-,11-9-,16-14-,17-15-,22-20-,23-21-,28-26-,29-27-,34-32-,35-33-,49-46-,55-53-. The molecular formula is C86H145NO8. The van der Waals surface area contributed by atoms with Crippen molar-refractivity contribution in [2.45, 2.75) is 334 Å². The molecule has 2 unspecified atom stereocenters. The van der Waals surface area contributed by atoms with Crippen LogP contribution in [0.2, 0.25) is 0 Å². The Bertz CT molecular complexity index is 2080. The Balaban J connectivity index is 4.05. The number of rotatable bonds is 71. The van der Waals surface area contributed by atoms with Gasteiger partial charge in [-0.2, -0.15) is 0 Å². The summed E-state index contributed by atoms with van der Waals surface area (Å²) in [5.74, 6) is -2.29. The van der Waals surface area contributed by atoms with Crippen molar-refractivity contribution >= 4 is 17.9 Å². The molecule has 0 fully saturated rings. The number of quaternary nitrogens is 1. The van der Waals surface area contributed by atoms with Crippen molar-refractivity contribution in [3.05, 3.63) is 146 Å². The molecule has 95 heavy (non-hydrogen) atoms. The average molecular weight is 1320 g/mol. The first kappa shape index (κ1) is 90.2. The van der Waals surface area contributed by atoms with Crippen molar-refractivity contribution < 1.29 is 42.9 Å². The monoisotopic (exact) mass is 1320 g/mol. The molecule has 0 aromatic heterocycles. The minimum absolute atomic E-state index is 0.142. The van der Waals surface area contributed by atoms with E-state index in [0.717, 1.165) is 122 Å². The molecule has 0 aliphatic heterocycles. The Labute approximate surface area is 585 Å². The van der Waals surface area contributed by atoms with Crippen LogP contribution in [0.1, 0.15) is 322 Å². The van der Waals surface area contributed by atoms with E-state index in [9.17, 15) is 19.5 Å². The van der Waals surface area contributed by atoms with E-state index in [1.807, 2.05) is 21.1 Å². The second kappa shape index (κ2) is 75.0. The number of ether oxygens (including phenoxy) is 4. The SMILES string of the molecule is CC/C=C\C/C=C\C/C=C\C/C=C\C/C=C\C/C=C\C/C=C\CCCCCCCCCCCC(=O)OC(COC(=O)CCCCCCCCCCCCCCCCCCCCCCCCC/C=C\C/C=C\C/C=C\C/C=C\C/C=C\CC)COC(OCC[N+](C)(C)C)C(=O)[O-]. The molecule has 0 aromatic carbocycles. The predicted molar refractivity (Wildman–Crippen MR) is 407 cm³/mol. The fraction of sp³-hybridized carbons (Fsp3) is 0.686. The second-order valence-corrected chi connectivity index (χ2v) is 26.9. The van der Waals surface area contributed by atoms with Gasteiger partial charge < -0.3 is 33.3 Å². The molecule has 0 aliphatic rings. The van der Waals surface area contributed by atoms with Gasteiger partial charge in [-0.3, -0.25) is 9.59 Å². The molecule has 0 bridgehead atoms. The Hall–Kier alpha value is -4.83. The number of aliphatic carboxylic acids is 1. The topological polar surface area (TPSA) is 111 Å². The minimum atomic E-state index is -1.63. The lowest BCUT2D eigenvalue weighted by Gasteiger charge is -2.26. The summed E-state index contributed by atoms with van der Waals surface area (Å²) in [4.78, 5) is 37.6. The number of nitrogens with zero attached hydrogens (tertiary/aromatic N) is 1. The van der Waals surface area contributed by atoms with E-state index in [1.165, 1.54) is 167 Å². The van der Waals surface area contributed by atoms with E-state index in [4.69, 9.17) is 18.9 Å². The predicted octanol–water partition coefficient (Wildman–Crippen LogP) is 23.7. The number of carboxylic acid groups (broad SMARTS) is 1. The number of esters is 2. The van der Waals surface area contributed by atoms with Crippen molar-refractivity contribution in [3.8, 4) is 0 Å². The smallest absolute Gasteiger partial charge is 0.306 e. The third-order valence-electron chi connectivity index (χ3n) is 16.6. The maximum Gasteiger partial charge on any atom is 0.306 e. The summed E-state index contributed by atoms with van der Waals surface area (Å²) in [5.41, 5.74) is 0. The maximum atomic E-state index is 13.0. The van der Waals surface area contributed by atoms with Gasteiger partial charge >= 0.3 is 11.9 Å². The third kappa shape index (κ3) is 76.4. The number of carbonyl (C=O) groups excluding carboxylic acids is 3. The summed E-state index contributed by atoms with van der Waals surface area (Å²) in [6, 6.07) is 0. The molecule has 542 valence electrons. The normalized spacial score (nSPS) is 13.5. The molecule has 0 heterocycles. The van der Waals surface area contributed by atoms with Crippen molar-refractivity contribution in [1.29, 1.82) is 0 Å². The quantitative estimate of drug-likeness (QED) is 0.0195. The van der Waals surface area contributed by atoms with Crippen LogP contribution in [0.4, 0.5) is 0 Å². The molecule has 0 aromatic rings. The van der Waals surface area contributed by atoms with E-state index in [2.05, 4.69) is 160 Å². The molecule has 9 nitrogen and oxygen atoms in total. The van der Waals surface area contributed by atoms with Gasteiger partial charge in [0.1, 0.15) is 13.2 Å². The van der Waals surface area contributed by atoms with Gasteiger partial charge in [0.2, 0.25) is 0 Å². The molecule has 0 aliphatic carbocycles. The van der Waals surface area contributed by atoms with Gasteiger partial charge in [-0.25, -0.2) is 0 Å². The first-order valence-electron chi connectivity index (χ1n) is 39.0. The number of unbranched alkanes of at least 4 members (excludes halogenated alkanes) is 32. The molecule has 9 heteroatoms. The van der Waals surface area contributed by atoms with Crippen LogP contribution in [0.15, 0.2) is 146 Å². The van der Waals surface area contributed by atoms with Crippen LogP contribution < -0.4 is 5.11 Å². The Kier molecular flexibility index (Phi) is 71.1. The fourth-order valence-electron chi connectivity index (χ4n) is 10.7. The van der Waals surface area contributed by atoms with Crippen molar-refractivity contribution in [2.75, 3.05) is 47.5 Å². The molecule has 0 amide bonds. The highest BCUT2D eigenvalue weighted by Gasteiger charge is 2.22. The molecule has 0 rings (SSSR count). The molecule has 2 atom stereocenters. The highest BCUT2D eigenvalue weighted by molar-refractivity contribution is 5.70. The Morgan fingerprint density at radius 2 is 0.568 bits per heavy atom. The second-order valence-electron chi connectivity index (χ2n) is 26.9. The van der Waals surface area contributed by atoms with Gasteiger partial charge in [-0.1, -0.05) is 339 Å². The van der Waals surface area contributed by atoms with Gasteiger partial charge in [-0.15, -0.1) is 0 Å². The van der Waals surface area contributed by atoms with Crippen LogP contribution >= 0.6 is 0 Å². The van der Waals surface area contributed by atoms with Crippen LogP contribution in [0, 0.1) is 0 Å². The summed E-state index contributed by atoms with van der Waals surface area (Å²) in [7, 11) is 5.93. The van der Waals surface area contributed by atoms with Gasteiger partial charge in [0.25, 0.3) is 0 Å². The lowest BCUT2D eigenvalue weighted by Crippen LogP contribution is -2.44. The zero-order chi connectivity index (χ0) is 69.0. The highest BCUT2D eigenvalue weighted by atomic mass is 16.7.